The second kappa shape index (κ2) is 8.15. The predicted molar refractivity (Wildman–Crippen MR) is 96.9 cm³/mol. The van der Waals surface area contributed by atoms with Gasteiger partial charge in [-0.05, 0) is 87.5 Å². The van der Waals surface area contributed by atoms with Crippen LogP contribution >= 0.6 is 0 Å². The molecule has 0 unspecified atom stereocenters. The van der Waals surface area contributed by atoms with Crippen LogP contribution < -0.4 is 11.1 Å². The fraction of sp³-hybridized carbons (Fsp3) is 1.00. The van der Waals surface area contributed by atoms with Crippen LogP contribution in [0.25, 0.3) is 0 Å². The largest absolute Gasteiger partial charge is 0.328 e. The maximum atomic E-state index is 5.91. The molecule has 3 N–H and O–H groups in total. The van der Waals surface area contributed by atoms with Gasteiger partial charge in [0, 0.05) is 12.1 Å². The average Bonchev–Trinajstić information content (AvgIpc) is 2.38. The van der Waals surface area contributed by atoms with Crippen LogP contribution in [0.1, 0.15) is 85.5 Å². The van der Waals surface area contributed by atoms with Gasteiger partial charge >= 0.3 is 0 Å². The van der Waals surface area contributed by atoms with Gasteiger partial charge in [0.15, 0.2) is 0 Å². The number of nitrogens with two attached hydrogens (primary N) is 1. The number of rotatable bonds is 8. The van der Waals surface area contributed by atoms with Gasteiger partial charge in [0.05, 0.1) is 0 Å². The fourth-order valence-electron chi connectivity index (χ4n) is 4.72. The molecule has 0 radical (unpaired) electrons. The standard InChI is InChI=1S/C20H40N2/c1-15(2)11-16-5-7-19(8-6-16)22-10-9-20(3,4)14-17-12-18(21)13-17/h15-19,22H,5-14,21H2,1-4H3. The smallest absolute Gasteiger partial charge is 0.00672 e. The van der Waals surface area contributed by atoms with Gasteiger partial charge in [-0.1, -0.05) is 27.7 Å². The van der Waals surface area contributed by atoms with Crippen molar-refractivity contribution in [2.75, 3.05) is 6.54 Å². The Hall–Kier alpha value is -0.0800. The van der Waals surface area contributed by atoms with Gasteiger partial charge in [0.25, 0.3) is 0 Å². The summed E-state index contributed by atoms with van der Waals surface area (Å²) < 4.78 is 0. The summed E-state index contributed by atoms with van der Waals surface area (Å²) in [6, 6.07) is 1.29. The molecule has 0 saturated heterocycles. The number of hydrogen-bond acceptors (Lipinski definition) is 2. The van der Waals surface area contributed by atoms with Crippen molar-refractivity contribution in [2.24, 2.45) is 28.9 Å². The highest BCUT2D eigenvalue weighted by Crippen LogP contribution is 2.38. The van der Waals surface area contributed by atoms with Crippen LogP contribution in [0.5, 0.6) is 0 Å². The van der Waals surface area contributed by atoms with E-state index in [0.29, 0.717) is 11.5 Å². The molecule has 0 amide bonds. The Bertz CT molecular complexity index is 310. The van der Waals surface area contributed by atoms with E-state index >= 15 is 0 Å². The van der Waals surface area contributed by atoms with Crippen molar-refractivity contribution in [3.8, 4) is 0 Å². The van der Waals surface area contributed by atoms with Crippen LogP contribution in [-0.4, -0.2) is 18.6 Å². The molecule has 2 aliphatic rings. The first-order valence-electron chi connectivity index (χ1n) is 9.83. The highest BCUT2D eigenvalue weighted by atomic mass is 14.9. The van der Waals surface area contributed by atoms with Crippen molar-refractivity contribution in [3.05, 3.63) is 0 Å². The molecule has 2 saturated carbocycles. The molecule has 0 bridgehead atoms. The van der Waals surface area contributed by atoms with E-state index in [1.54, 1.807) is 0 Å². The molecule has 0 aromatic rings. The molecule has 0 aliphatic heterocycles. The van der Waals surface area contributed by atoms with Crippen molar-refractivity contribution in [1.82, 2.24) is 5.32 Å². The maximum Gasteiger partial charge on any atom is 0.00672 e. The van der Waals surface area contributed by atoms with Crippen LogP contribution in [-0.2, 0) is 0 Å². The van der Waals surface area contributed by atoms with Gasteiger partial charge in [-0.2, -0.15) is 0 Å². The van der Waals surface area contributed by atoms with Crippen molar-refractivity contribution >= 4 is 0 Å². The van der Waals surface area contributed by atoms with E-state index in [1.165, 1.54) is 64.3 Å². The lowest BCUT2D eigenvalue weighted by atomic mass is 9.70. The van der Waals surface area contributed by atoms with Crippen molar-refractivity contribution in [3.63, 3.8) is 0 Å². The van der Waals surface area contributed by atoms with Crippen molar-refractivity contribution in [2.45, 2.75) is 97.6 Å². The third-order valence-corrected chi connectivity index (χ3v) is 6.00. The van der Waals surface area contributed by atoms with Crippen LogP contribution in [0, 0.1) is 23.2 Å². The molecule has 0 heterocycles. The quantitative estimate of drug-likeness (QED) is 0.680. The first-order valence-corrected chi connectivity index (χ1v) is 9.83. The van der Waals surface area contributed by atoms with E-state index < -0.39 is 0 Å². The lowest BCUT2D eigenvalue weighted by molar-refractivity contribution is 0.158. The summed E-state index contributed by atoms with van der Waals surface area (Å²) in [5.41, 5.74) is 6.39. The zero-order chi connectivity index (χ0) is 16.2. The van der Waals surface area contributed by atoms with E-state index in [1.807, 2.05) is 0 Å². The van der Waals surface area contributed by atoms with Crippen LogP contribution in [0.3, 0.4) is 0 Å². The van der Waals surface area contributed by atoms with Crippen LogP contribution in [0.2, 0.25) is 0 Å². The molecular weight excluding hydrogens is 268 g/mol. The molecule has 0 aromatic carbocycles. The lowest BCUT2D eigenvalue weighted by Gasteiger charge is -2.39. The van der Waals surface area contributed by atoms with Crippen LogP contribution in [0.4, 0.5) is 0 Å². The van der Waals surface area contributed by atoms with E-state index in [2.05, 4.69) is 33.0 Å². The molecule has 22 heavy (non-hydrogen) atoms. The maximum absolute atomic E-state index is 5.91. The summed E-state index contributed by atoms with van der Waals surface area (Å²) in [6.07, 6.45) is 12.3. The summed E-state index contributed by atoms with van der Waals surface area (Å²) in [5, 5.41) is 3.84. The molecule has 0 spiro atoms. The van der Waals surface area contributed by atoms with E-state index in [9.17, 15) is 0 Å². The normalized spacial score (nSPS) is 33.0. The first kappa shape index (κ1) is 18.3. The van der Waals surface area contributed by atoms with E-state index in [4.69, 9.17) is 5.73 Å². The third kappa shape index (κ3) is 6.20. The van der Waals surface area contributed by atoms with Crippen molar-refractivity contribution < 1.29 is 0 Å². The molecule has 0 aromatic heterocycles. The fourth-order valence-corrected chi connectivity index (χ4v) is 4.72. The molecule has 2 aliphatic carbocycles. The number of hydrogen-bond donors (Lipinski definition) is 2. The zero-order valence-corrected chi connectivity index (χ0v) is 15.5. The molecule has 2 rings (SSSR count). The Kier molecular flexibility index (Phi) is 6.76. The predicted octanol–water partition coefficient (Wildman–Crippen LogP) is 4.72. The lowest BCUT2D eigenvalue weighted by Crippen LogP contribution is -2.39. The summed E-state index contributed by atoms with van der Waals surface area (Å²) in [4.78, 5) is 0. The summed E-state index contributed by atoms with van der Waals surface area (Å²) in [5.74, 6) is 2.77. The highest BCUT2D eigenvalue weighted by Gasteiger charge is 2.31. The number of nitrogens with one attached hydrogen (secondary N) is 1. The zero-order valence-electron chi connectivity index (χ0n) is 15.5. The third-order valence-electron chi connectivity index (χ3n) is 6.00. The van der Waals surface area contributed by atoms with Crippen molar-refractivity contribution in [1.29, 1.82) is 0 Å². The Morgan fingerprint density at radius 3 is 2.23 bits per heavy atom. The molecular formula is C20H40N2. The second-order valence-electron chi connectivity index (χ2n) is 9.52. The Labute approximate surface area is 139 Å². The van der Waals surface area contributed by atoms with Gasteiger partial charge in [-0.25, -0.2) is 0 Å². The van der Waals surface area contributed by atoms with Gasteiger partial charge in [0.1, 0.15) is 0 Å². The molecule has 2 heteroatoms. The average molecular weight is 309 g/mol. The Morgan fingerprint density at radius 1 is 1.05 bits per heavy atom. The molecule has 130 valence electrons. The highest BCUT2D eigenvalue weighted by molar-refractivity contribution is 4.87. The Morgan fingerprint density at radius 2 is 1.68 bits per heavy atom. The molecule has 0 atom stereocenters. The van der Waals surface area contributed by atoms with Gasteiger partial charge in [0.2, 0.25) is 0 Å². The van der Waals surface area contributed by atoms with E-state index in [0.717, 1.165) is 23.8 Å². The van der Waals surface area contributed by atoms with Crippen LogP contribution in [0.15, 0.2) is 0 Å². The molecule has 2 fully saturated rings. The van der Waals surface area contributed by atoms with Gasteiger partial charge in [-0.15, -0.1) is 0 Å². The minimum atomic E-state index is 0.479. The topological polar surface area (TPSA) is 38.0 Å². The monoisotopic (exact) mass is 308 g/mol. The summed E-state index contributed by atoms with van der Waals surface area (Å²) in [7, 11) is 0. The molecule has 2 nitrogen and oxygen atoms in total. The summed E-state index contributed by atoms with van der Waals surface area (Å²) in [6.45, 7) is 10.8. The Balaban J connectivity index is 1.56. The summed E-state index contributed by atoms with van der Waals surface area (Å²) >= 11 is 0. The SMILES string of the molecule is CC(C)CC1CCC(NCCC(C)(C)CC2CC(N)C2)CC1. The minimum absolute atomic E-state index is 0.479. The minimum Gasteiger partial charge on any atom is -0.328 e. The second-order valence-corrected chi connectivity index (χ2v) is 9.52. The van der Waals surface area contributed by atoms with E-state index in [-0.39, 0.29) is 0 Å². The van der Waals surface area contributed by atoms with Gasteiger partial charge in [-0.3, -0.25) is 0 Å². The van der Waals surface area contributed by atoms with Gasteiger partial charge < -0.3 is 11.1 Å². The first-order chi connectivity index (χ1) is 10.3.